The smallest absolute Gasteiger partial charge is 0.105 e. The Morgan fingerprint density at radius 2 is 2.41 bits per heavy atom. The molecule has 1 saturated heterocycles. The van der Waals surface area contributed by atoms with Crippen LogP contribution in [0.4, 0.5) is 0 Å². The first kappa shape index (κ1) is 12.6. The molecular formula is C13H24N4. The van der Waals surface area contributed by atoms with Gasteiger partial charge in [0, 0.05) is 32.0 Å². The lowest BCUT2D eigenvalue weighted by atomic mass is 9.98. The second-order valence-corrected chi connectivity index (χ2v) is 5.14. The monoisotopic (exact) mass is 236 g/mol. The SMILES string of the molecule is Cc1nccn1CCNCC1CCCN(C)C1. The van der Waals surface area contributed by atoms with Crippen LogP contribution >= 0.6 is 0 Å². The Labute approximate surface area is 104 Å². The van der Waals surface area contributed by atoms with Gasteiger partial charge in [-0.05, 0) is 45.8 Å². The summed E-state index contributed by atoms with van der Waals surface area (Å²) in [4.78, 5) is 6.66. The fourth-order valence-corrected chi connectivity index (χ4v) is 2.59. The van der Waals surface area contributed by atoms with Crippen molar-refractivity contribution in [2.24, 2.45) is 5.92 Å². The zero-order valence-electron chi connectivity index (χ0n) is 11.0. The van der Waals surface area contributed by atoms with Crippen LogP contribution in [-0.4, -0.2) is 47.7 Å². The molecule has 1 atom stereocenters. The summed E-state index contributed by atoms with van der Waals surface area (Å²) < 4.78 is 2.19. The number of nitrogens with zero attached hydrogens (tertiary/aromatic N) is 3. The highest BCUT2D eigenvalue weighted by Gasteiger charge is 2.16. The fourth-order valence-electron chi connectivity index (χ4n) is 2.59. The number of piperidine rings is 1. The van der Waals surface area contributed by atoms with E-state index in [0.717, 1.165) is 31.4 Å². The Hall–Kier alpha value is -0.870. The Kier molecular flexibility index (Phi) is 4.57. The molecule has 2 heterocycles. The largest absolute Gasteiger partial charge is 0.334 e. The minimum atomic E-state index is 0.831. The van der Waals surface area contributed by atoms with Crippen molar-refractivity contribution >= 4 is 0 Å². The van der Waals surface area contributed by atoms with E-state index in [1.807, 2.05) is 12.4 Å². The lowest BCUT2D eigenvalue weighted by Gasteiger charge is -2.29. The summed E-state index contributed by atoms with van der Waals surface area (Å²) >= 11 is 0. The molecule has 96 valence electrons. The molecule has 0 radical (unpaired) electrons. The Morgan fingerprint density at radius 1 is 1.53 bits per heavy atom. The van der Waals surface area contributed by atoms with Crippen molar-refractivity contribution in [3.63, 3.8) is 0 Å². The molecule has 0 saturated carbocycles. The van der Waals surface area contributed by atoms with Gasteiger partial charge in [0.25, 0.3) is 0 Å². The second kappa shape index (κ2) is 6.17. The highest BCUT2D eigenvalue weighted by molar-refractivity contribution is 4.88. The molecule has 0 amide bonds. The molecule has 1 unspecified atom stereocenters. The molecule has 2 rings (SSSR count). The minimum Gasteiger partial charge on any atom is -0.334 e. The highest BCUT2D eigenvalue weighted by atomic mass is 15.1. The van der Waals surface area contributed by atoms with Gasteiger partial charge in [0.2, 0.25) is 0 Å². The third kappa shape index (κ3) is 3.82. The number of nitrogens with one attached hydrogen (secondary N) is 1. The van der Waals surface area contributed by atoms with Crippen molar-refractivity contribution in [3.05, 3.63) is 18.2 Å². The first-order valence-electron chi connectivity index (χ1n) is 6.62. The van der Waals surface area contributed by atoms with Gasteiger partial charge in [-0.25, -0.2) is 4.98 Å². The van der Waals surface area contributed by atoms with Gasteiger partial charge in [-0.3, -0.25) is 0 Å². The van der Waals surface area contributed by atoms with E-state index in [9.17, 15) is 0 Å². The lowest BCUT2D eigenvalue weighted by Crippen LogP contribution is -2.38. The average molecular weight is 236 g/mol. The number of rotatable bonds is 5. The molecule has 0 bridgehead atoms. The summed E-state index contributed by atoms with van der Waals surface area (Å²) in [5.41, 5.74) is 0. The number of likely N-dealkylation sites (tertiary alicyclic amines) is 1. The number of aryl methyl sites for hydroxylation is 1. The zero-order valence-corrected chi connectivity index (χ0v) is 11.0. The summed E-state index contributed by atoms with van der Waals surface area (Å²) in [5, 5.41) is 3.57. The molecule has 17 heavy (non-hydrogen) atoms. The van der Waals surface area contributed by atoms with E-state index in [0.29, 0.717) is 0 Å². The van der Waals surface area contributed by atoms with Crippen LogP contribution in [0.25, 0.3) is 0 Å². The summed E-state index contributed by atoms with van der Waals surface area (Å²) in [6, 6.07) is 0. The molecule has 1 aliphatic heterocycles. The van der Waals surface area contributed by atoms with Crippen LogP contribution in [0.5, 0.6) is 0 Å². The zero-order chi connectivity index (χ0) is 12.1. The van der Waals surface area contributed by atoms with Crippen molar-refractivity contribution in [2.75, 3.05) is 33.2 Å². The second-order valence-electron chi connectivity index (χ2n) is 5.14. The topological polar surface area (TPSA) is 33.1 Å². The Balaban J connectivity index is 1.61. The molecule has 4 nitrogen and oxygen atoms in total. The van der Waals surface area contributed by atoms with Gasteiger partial charge in [-0.2, -0.15) is 0 Å². The number of hydrogen-bond acceptors (Lipinski definition) is 3. The normalized spacial score (nSPS) is 21.9. The minimum absolute atomic E-state index is 0.831. The molecule has 1 N–H and O–H groups in total. The van der Waals surface area contributed by atoms with Crippen molar-refractivity contribution in [1.29, 1.82) is 0 Å². The van der Waals surface area contributed by atoms with Crippen LogP contribution < -0.4 is 5.32 Å². The molecular weight excluding hydrogens is 212 g/mol. The van der Waals surface area contributed by atoms with Crippen LogP contribution in [0.1, 0.15) is 18.7 Å². The van der Waals surface area contributed by atoms with Crippen LogP contribution in [0, 0.1) is 12.8 Å². The molecule has 0 spiro atoms. The maximum atomic E-state index is 4.22. The number of hydrogen-bond donors (Lipinski definition) is 1. The van der Waals surface area contributed by atoms with Gasteiger partial charge in [0.15, 0.2) is 0 Å². The van der Waals surface area contributed by atoms with Gasteiger partial charge in [-0.15, -0.1) is 0 Å². The van der Waals surface area contributed by atoms with Gasteiger partial charge >= 0.3 is 0 Å². The van der Waals surface area contributed by atoms with Crippen LogP contribution in [-0.2, 0) is 6.54 Å². The molecule has 1 aromatic rings. The Bertz CT molecular complexity index is 334. The molecule has 4 heteroatoms. The van der Waals surface area contributed by atoms with Gasteiger partial charge in [0.05, 0.1) is 0 Å². The predicted molar refractivity (Wildman–Crippen MR) is 70.1 cm³/mol. The van der Waals surface area contributed by atoms with E-state index < -0.39 is 0 Å². The summed E-state index contributed by atoms with van der Waals surface area (Å²) in [7, 11) is 2.22. The first-order chi connectivity index (χ1) is 8.25. The van der Waals surface area contributed by atoms with Crippen molar-refractivity contribution < 1.29 is 0 Å². The van der Waals surface area contributed by atoms with E-state index in [1.54, 1.807) is 0 Å². The Morgan fingerprint density at radius 3 is 3.12 bits per heavy atom. The third-order valence-electron chi connectivity index (χ3n) is 3.61. The number of aromatic nitrogens is 2. The van der Waals surface area contributed by atoms with E-state index in [4.69, 9.17) is 0 Å². The molecule has 0 aliphatic carbocycles. The summed E-state index contributed by atoms with van der Waals surface area (Å²) in [5.74, 6) is 1.93. The molecule has 1 fully saturated rings. The van der Waals surface area contributed by atoms with Gasteiger partial charge < -0.3 is 14.8 Å². The predicted octanol–water partition coefficient (Wildman–Crippen LogP) is 1.12. The quantitative estimate of drug-likeness (QED) is 0.778. The number of imidazole rings is 1. The van der Waals surface area contributed by atoms with Crippen LogP contribution in [0.3, 0.4) is 0 Å². The van der Waals surface area contributed by atoms with E-state index in [2.05, 4.69) is 33.7 Å². The fraction of sp³-hybridized carbons (Fsp3) is 0.769. The molecule has 0 aromatic carbocycles. The summed E-state index contributed by atoms with van der Waals surface area (Å²) in [6.07, 6.45) is 6.64. The standard InChI is InChI=1S/C13H24N4/c1-12-15-6-9-17(12)8-5-14-10-13-4-3-7-16(2)11-13/h6,9,13-14H,3-5,7-8,10-11H2,1-2H3. The average Bonchev–Trinajstić information content (AvgIpc) is 2.71. The van der Waals surface area contributed by atoms with Crippen molar-refractivity contribution in [2.45, 2.75) is 26.3 Å². The molecule has 1 aromatic heterocycles. The lowest BCUT2D eigenvalue weighted by molar-refractivity contribution is 0.206. The van der Waals surface area contributed by atoms with Crippen LogP contribution in [0.2, 0.25) is 0 Å². The molecule has 1 aliphatic rings. The van der Waals surface area contributed by atoms with Gasteiger partial charge in [-0.1, -0.05) is 0 Å². The first-order valence-corrected chi connectivity index (χ1v) is 6.62. The van der Waals surface area contributed by atoms with Crippen molar-refractivity contribution in [3.8, 4) is 0 Å². The van der Waals surface area contributed by atoms with Gasteiger partial charge in [0.1, 0.15) is 5.82 Å². The highest BCUT2D eigenvalue weighted by Crippen LogP contribution is 2.13. The maximum absolute atomic E-state index is 4.22. The maximum Gasteiger partial charge on any atom is 0.105 e. The van der Waals surface area contributed by atoms with Crippen molar-refractivity contribution in [1.82, 2.24) is 19.8 Å². The van der Waals surface area contributed by atoms with E-state index in [-0.39, 0.29) is 0 Å². The third-order valence-corrected chi connectivity index (χ3v) is 3.61. The van der Waals surface area contributed by atoms with E-state index in [1.165, 1.54) is 25.9 Å². The summed E-state index contributed by atoms with van der Waals surface area (Å²) in [6.45, 7) is 7.78. The van der Waals surface area contributed by atoms with Crippen LogP contribution in [0.15, 0.2) is 12.4 Å². The van der Waals surface area contributed by atoms with E-state index >= 15 is 0 Å².